The van der Waals surface area contributed by atoms with Crippen molar-refractivity contribution in [3.05, 3.63) is 35.5 Å². The molecule has 1 heterocycles. The number of nitrogens with zero attached hydrogens (tertiary/aromatic N) is 1. The summed E-state index contributed by atoms with van der Waals surface area (Å²) in [6.45, 7) is 0.464. The highest BCUT2D eigenvalue weighted by Gasteiger charge is 2.27. The Morgan fingerprint density at radius 2 is 2.06 bits per heavy atom. The lowest BCUT2D eigenvalue weighted by Gasteiger charge is -2.10. The molecule has 2 atom stereocenters. The van der Waals surface area contributed by atoms with Crippen LogP contribution in [0.1, 0.15) is 49.3 Å². The molecular formula is C22H30N4O6S. The predicted molar refractivity (Wildman–Crippen MR) is 122 cm³/mol. The number of H-pyrrole nitrogens is 1. The molecule has 0 aliphatic heterocycles. The van der Waals surface area contributed by atoms with E-state index in [1.807, 2.05) is 6.07 Å². The number of hydrogen-bond donors (Lipinski definition) is 4. The zero-order chi connectivity index (χ0) is 24.0. The number of sulfone groups is 1. The molecule has 3 rings (SSSR count). The number of amides is 2. The van der Waals surface area contributed by atoms with E-state index >= 15 is 0 Å². The van der Waals surface area contributed by atoms with Crippen molar-refractivity contribution in [2.45, 2.75) is 49.3 Å². The van der Waals surface area contributed by atoms with Crippen molar-refractivity contribution in [2.24, 2.45) is 5.92 Å². The van der Waals surface area contributed by atoms with Gasteiger partial charge >= 0.3 is 6.09 Å². The lowest BCUT2D eigenvalue weighted by Crippen LogP contribution is -2.22. The fourth-order valence-corrected chi connectivity index (χ4v) is 5.28. The first-order valence-corrected chi connectivity index (χ1v) is 12.7. The van der Waals surface area contributed by atoms with Gasteiger partial charge in [0.1, 0.15) is 5.75 Å². The molecule has 11 heteroatoms. The van der Waals surface area contributed by atoms with Gasteiger partial charge in [-0.05, 0) is 55.7 Å². The van der Waals surface area contributed by atoms with E-state index in [1.165, 1.54) is 13.2 Å². The van der Waals surface area contributed by atoms with Crippen LogP contribution >= 0.6 is 0 Å². The van der Waals surface area contributed by atoms with Crippen LogP contribution in [0.15, 0.2) is 29.2 Å². The summed E-state index contributed by atoms with van der Waals surface area (Å²) in [7, 11) is -2.07. The molecule has 1 aliphatic carbocycles. The Labute approximate surface area is 193 Å². The summed E-state index contributed by atoms with van der Waals surface area (Å²) in [6.07, 6.45) is 4.86. The largest absolute Gasteiger partial charge is 0.497 e. The molecule has 2 aromatic rings. The first-order valence-electron chi connectivity index (χ1n) is 10.8. The SMILES string of the molecule is COc1ccc(CC(=O)Nc2cc(C3CCC(CCCNC(=O)O)C3)[nH]n2)c(S(C)(=O)=O)c1. The number of nitrogens with one attached hydrogen (secondary N) is 3. The van der Waals surface area contributed by atoms with Crippen LogP contribution in [0.2, 0.25) is 0 Å². The molecule has 1 fully saturated rings. The normalized spacial score (nSPS) is 18.1. The lowest BCUT2D eigenvalue weighted by molar-refractivity contribution is -0.115. The van der Waals surface area contributed by atoms with Crippen LogP contribution in [0.25, 0.3) is 0 Å². The van der Waals surface area contributed by atoms with E-state index in [-0.39, 0.29) is 17.2 Å². The maximum absolute atomic E-state index is 12.6. The van der Waals surface area contributed by atoms with Gasteiger partial charge in [0.25, 0.3) is 0 Å². The quantitative estimate of drug-likeness (QED) is 0.383. The molecule has 4 N–H and O–H groups in total. The van der Waals surface area contributed by atoms with Crippen molar-refractivity contribution in [3.8, 4) is 5.75 Å². The smallest absolute Gasteiger partial charge is 0.404 e. The van der Waals surface area contributed by atoms with Crippen molar-refractivity contribution in [1.29, 1.82) is 0 Å². The Hall–Kier alpha value is -3.08. The summed E-state index contributed by atoms with van der Waals surface area (Å²) < 4.78 is 29.3. The van der Waals surface area contributed by atoms with Gasteiger partial charge < -0.3 is 20.5 Å². The average molecular weight is 479 g/mol. The maximum Gasteiger partial charge on any atom is 0.404 e. The third-order valence-corrected chi connectivity index (χ3v) is 7.12. The number of aromatic nitrogens is 2. The molecule has 0 radical (unpaired) electrons. The van der Waals surface area contributed by atoms with Crippen molar-refractivity contribution >= 4 is 27.7 Å². The number of carboxylic acid groups (broad SMARTS) is 1. The molecule has 1 saturated carbocycles. The molecule has 1 aromatic carbocycles. The molecule has 0 spiro atoms. The molecule has 2 amide bonds. The van der Waals surface area contributed by atoms with Gasteiger partial charge in [-0.15, -0.1) is 0 Å². The Bertz CT molecular complexity index is 1100. The third kappa shape index (κ3) is 6.95. The number of carbonyl (C=O) groups excluding carboxylic acids is 1. The molecule has 1 aromatic heterocycles. The van der Waals surface area contributed by atoms with Crippen LogP contribution in [0.4, 0.5) is 10.6 Å². The minimum Gasteiger partial charge on any atom is -0.497 e. The van der Waals surface area contributed by atoms with Gasteiger partial charge in [-0.1, -0.05) is 6.07 Å². The van der Waals surface area contributed by atoms with E-state index in [0.717, 1.165) is 44.1 Å². The van der Waals surface area contributed by atoms with E-state index in [1.54, 1.807) is 12.1 Å². The predicted octanol–water partition coefficient (Wildman–Crippen LogP) is 2.93. The van der Waals surface area contributed by atoms with Gasteiger partial charge in [0.15, 0.2) is 15.7 Å². The molecule has 1 aliphatic rings. The summed E-state index contributed by atoms with van der Waals surface area (Å²) in [5.74, 6) is 1.30. The molecular weight excluding hydrogens is 448 g/mol. The molecule has 33 heavy (non-hydrogen) atoms. The number of aromatic amines is 1. The second kappa shape index (κ2) is 10.7. The molecule has 0 saturated heterocycles. The van der Waals surface area contributed by atoms with Crippen LogP contribution in [-0.2, 0) is 21.1 Å². The monoisotopic (exact) mass is 478 g/mol. The van der Waals surface area contributed by atoms with Crippen LogP contribution in [0, 0.1) is 5.92 Å². The number of anilines is 1. The Kier molecular flexibility index (Phi) is 7.96. The topological polar surface area (TPSA) is 150 Å². The van der Waals surface area contributed by atoms with Crippen LogP contribution < -0.4 is 15.4 Å². The Morgan fingerprint density at radius 3 is 2.76 bits per heavy atom. The minimum atomic E-state index is -3.52. The second-order valence-electron chi connectivity index (χ2n) is 8.43. The lowest BCUT2D eigenvalue weighted by atomic mass is 9.98. The summed E-state index contributed by atoms with van der Waals surface area (Å²) in [6, 6.07) is 6.44. The number of hydrogen-bond acceptors (Lipinski definition) is 6. The molecule has 10 nitrogen and oxygen atoms in total. The molecule has 2 unspecified atom stereocenters. The van der Waals surface area contributed by atoms with E-state index in [9.17, 15) is 18.0 Å². The van der Waals surface area contributed by atoms with Gasteiger partial charge in [-0.3, -0.25) is 9.89 Å². The van der Waals surface area contributed by atoms with E-state index < -0.39 is 15.9 Å². The fourth-order valence-electron chi connectivity index (χ4n) is 4.33. The number of benzene rings is 1. The van der Waals surface area contributed by atoms with E-state index in [2.05, 4.69) is 20.8 Å². The van der Waals surface area contributed by atoms with Crippen molar-refractivity contribution in [3.63, 3.8) is 0 Å². The van der Waals surface area contributed by atoms with Crippen molar-refractivity contribution in [1.82, 2.24) is 15.5 Å². The average Bonchev–Trinajstić information content (AvgIpc) is 3.40. The summed E-state index contributed by atoms with van der Waals surface area (Å²) in [5.41, 5.74) is 1.35. The van der Waals surface area contributed by atoms with Crippen LogP contribution in [0.3, 0.4) is 0 Å². The molecule has 180 valence electrons. The fraction of sp³-hybridized carbons (Fsp3) is 0.500. The van der Waals surface area contributed by atoms with Crippen molar-refractivity contribution < 1.29 is 27.9 Å². The minimum absolute atomic E-state index is 0.0651. The first kappa shape index (κ1) is 24.6. The second-order valence-corrected chi connectivity index (χ2v) is 10.4. The van der Waals surface area contributed by atoms with Gasteiger partial charge in [0.05, 0.1) is 18.4 Å². The third-order valence-electron chi connectivity index (χ3n) is 5.94. The van der Waals surface area contributed by atoms with Crippen molar-refractivity contribution in [2.75, 3.05) is 25.2 Å². The van der Waals surface area contributed by atoms with Gasteiger partial charge in [-0.25, -0.2) is 13.2 Å². The van der Waals surface area contributed by atoms with Gasteiger partial charge in [0.2, 0.25) is 5.91 Å². The highest BCUT2D eigenvalue weighted by Crippen LogP contribution is 2.40. The zero-order valence-electron chi connectivity index (χ0n) is 18.8. The first-order chi connectivity index (χ1) is 15.7. The zero-order valence-corrected chi connectivity index (χ0v) is 19.6. The van der Waals surface area contributed by atoms with E-state index in [0.29, 0.717) is 35.5 Å². The summed E-state index contributed by atoms with van der Waals surface area (Å²) in [5, 5.41) is 20.9. The Balaban J connectivity index is 1.55. The highest BCUT2D eigenvalue weighted by molar-refractivity contribution is 7.90. The number of methoxy groups -OCH3 is 1. The maximum atomic E-state index is 12.6. The summed E-state index contributed by atoms with van der Waals surface area (Å²) >= 11 is 0. The number of ether oxygens (including phenoxy) is 1. The van der Waals surface area contributed by atoms with Crippen LogP contribution in [-0.4, -0.2) is 55.6 Å². The standard InChI is InChI=1S/C22H30N4O6S/c1-32-17-8-7-16(19(12-17)33(2,30)31)11-21(27)24-20-13-18(25-26-20)15-6-5-14(10-15)4-3-9-23-22(28)29/h7-8,12-15,23H,3-6,9-11H2,1-2H3,(H,28,29)(H2,24,25,26,27). The molecule has 0 bridgehead atoms. The van der Waals surface area contributed by atoms with Gasteiger partial charge in [0, 0.05) is 30.5 Å². The number of carbonyl (C=O) groups is 2. The summed E-state index contributed by atoms with van der Waals surface area (Å²) in [4.78, 5) is 23.1. The number of rotatable bonds is 10. The van der Waals surface area contributed by atoms with E-state index in [4.69, 9.17) is 9.84 Å². The van der Waals surface area contributed by atoms with Gasteiger partial charge in [-0.2, -0.15) is 5.10 Å². The highest BCUT2D eigenvalue weighted by atomic mass is 32.2. The van der Waals surface area contributed by atoms with Crippen LogP contribution in [0.5, 0.6) is 5.75 Å². The Morgan fingerprint density at radius 1 is 1.27 bits per heavy atom.